The van der Waals surface area contributed by atoms with E-state index in [9.17, 15) is 4.79 Å². The summed E-state index contributed by atoms with van der Waals surface area (Å²) in [5.41, 5.74) is 0.324. The molecule has 2 aliphatic carbocycles. The van der Waals surface area contributed by atoms with Gasteiger partial charge in [-0.1, -0.05) is 32.9 Å². The van der Waals surface area contributed by atoms with Crippen molar-refractivity contribution in [3.63, 3.8) is 0 Å². The number of hydrogen-bond acceptors (Lipinski definition) is 1. The highest BCUT2D eigenvalue weighted by atomic mass is 16.1. The molecular weight excluding hydrogens is 136 g/mol. The van der Waals surface area contributed by atoms with Gasteiger partial charge in [-0.05, 0) is 5.41 Å². The first-order valence-electron chi connectivity index (χ1n) is 4.19. The number of carbonyl (C=O) groups excluding carboxylic acids is 1. The SMILES string of the molecule is CC1(C)C=C[C@]2(C)CC(=O)[C@H]12. The Balaban J connectivity index is 2.38. The van der Waals surface area contributed by atoms with Crippen molar-refractivity contribution < 1.29 is 4.79 Å². The molecule has 2 atom stereocenters. The molecule has 1 saturated carbocycles. The summed E-state index contributed by atoms with van der Waals surface area (Å²) in [5.74, 6) is 0.720. The number of Topliss-reactive ketones (excluding diaryl/α,β-unsaturated/α-hetero) is 1. The second-order valence-corrected chi connectivity index (χ2v) is 4.74. The van der Waals surface area contributed by atoms with E-state index < -0.39 is 0 Å². The average molecular weight is 150 g/mol. The van der Waals surface area contributed by atoms with Crippen LogP contribution in [0.5, 0.6) is 0 Å². The molecular formula is C10H14O. The van der Waals surface area contributed by atoms with Gasteiger partial charge in [-0.3, -0.25) is 4.79 Å². The van der Waals surface area contributed by atoms with Crippen LogP contribution in [0, 0.1) is 16.7 Å². The maximum Gasteiger partial charge on any atom is 0.138 e. The van der Waals surface area contributed by atoms with Crippen molar-refractivity contribution in [3.8, 4) is 0 Å². The second kappa shape index (κ2) is 1.60. The standard InChI is InChI=1S/C10H14O/c1-9(2)4-5-10(3)6-7(11)8(9)10/h4-5,8H,6H2,1-3H3/t8-,10-/m1/s1. The molecule has 0 spiro atoms. The molecule has 2 rings (SSSR count). The Morgan fingerprint density at radius 2 is 2.00 bits per heavy atom. The number of allylic oxidation sites excluding steroid dienone is 2. The van der Waals surface area contributed by atoms with E-state index in [1.54, 1.807) is 0 Å². The summed E-state index contributed by atoms with van der Waals surface area (Å²) in [6, 6.07) is 0. The van der Waals surface area contributed by atoms with Crippen molar-refractivity contribution in [3.05, 3.63) is 12.2 Å². The molecule has 0 bridgehead atoms. The lowest BCUT2D eigenvalue weighted by Crippen LogP contribution is -2.48. The van der Waals surface area contributed by atoms with Crippen LogP contribution in [0.1, 0.15) is 27.2 Å². The Kier molecular flexibility index (Phi) is 1.03. The molecule has 0 saturated heterocycles. The molecule has 0 heterocycles. The van der Waals surface area contributed by atoms with Crippen LogP contribution in [0.3, 0.4) is 0 Å². The van der Waals surface area contributed by atoms with Crippen LogP contribution < -0.4 is 0 Å². The van der Waals surface area contributed by atoms with Gasteiger partial charge in [0.15, 0.2) is 0 Å². The van der Waals surface area contributed by atoms with Crippen molar-refractivity contribution in [1.82, 2.24) is 0 Å². The summed E-state index contributed by atoms with van der Waals surface area (Å²) in [6.45, 7) is 6.48. The van der Waals surface area contributed by atoms with E-state index in [2.05, 4.69) is 32.9 Å². The lowest BCUT2D eigenvalue weighted by molar-refractivity contribution is -0.142. The number of fused-ring (bicyclic) bond motifs is 1. The Morgan fingerprint density at radius 1 is 1.36 bits per heavy atom. The highest BCUT2D eigenvalue weighted by Crippen LogP contribution is 2.58. The Morgan fingerprint density at radius 3 is 2.36 bits per heavy atom. The topological polar surface area (TPSA) is 17.1 Å². The molecule has 0 aromatic carbocycles. The average Bonchev–Trinajstić information content (AvgIpc) is 1.98. The molecule has 0 amide bonds. The zero-order valence-electron chi connectivity index (χ0n) is 7.35. The van der Waals surface area contributed by atoms with Crippen molar-refractivity contribution in [2.24, 2.45) is 16.7 Å². The zero-order chi connectivity index (χ0) is 8.28. The van der Waals surface area contributed by atoms with Gasteiger partial charge in [0.05, 0.1) is 0 Å². The summed E-state index contributed by atoms with van der Waals surface area (Å²) < 4.78 is 0. The Hall–Kier alpha value is -0.590. The Bertz CT molecular complexity index is 236. The van der Waals surface area contributed by atoms with E-state index in [0.717, 1.165) is 6.42 Å². The molecule has 60 valence electrons. The minimum Gasteiger partial charge on any atom is -0.299 e. The van der Waals surface area contributed by atoms with Gasteiger partial charge in [0.2, 0.25) is 0 Å². The maximum atomic E-state index is 11.3. The van der Waals surface area contributed by atoms with E-state index in [1.165, 1.54) is 0 Å². The minimum absolute atomic E-state index is 0.115. The van der Waals surface area contributed by atoms with Crippen molar-refractivity contribution in [1.29, 1.82) is 0 Å². The predicted octanol–water partition coefficient (Wildman–Crippen LogP) is 2.18. The van der Waals surface area contributed by atoms with E-state index in [1.807, 2.05) is 0 Å². The summed E-state index contributed by atoms with van der Waals surface area (Å²) in [5, 5.41) is 0. The van der Waals surface area contributed by atoms with Gasteiger partial charge < -0.3 is 0 Å². The summed E-state index contributed by atoms with van der Waals surface area (Å²) in [6.07, 6.45) is 5.18. The molecule has 0 N–H and O–H groups in total. The van der Waals surface area contributed by atoms with Gasteiger partial charge in [-0.2, -0.15) is 0 Å². The van der Waals surface area contributed by atoms with E-state index in [4.69, 9.17) is 0 Å². The third-order valence-corrected chi connectivity index (χ3v) is 3.17. The quantitative estimate of drug-likeness (QED) is 0.484. The normalized spacial score (nSPS) is 45.4. The molecule has 1 fully saturated rings. The highest BCUT2D eigenvalue weighted by Gasteiger charge is 2.57. The van der Waals surface area contributed by atoms with Crippen LogP contribution in [0.4, 0.5) is 0 Å². The minimum atomic E-state index is 0.115. The van der Waals surface area contributed by atoms with Gasteiger partial charge in [0.25, 0.3) is 0 Å². The van der Waals surface area contributed by atoms with Crippen LogP contribution in [-0.4, -0.2) is 5.78 Å². The van der Waals surface area contributed by atoms with Gasteiger partial charge in [-0.15, -0.1) is 0 Å². The first-order chi connectivity index (χ1) is 4.96. The molecule has 0 radical (unpaired) electrons. The number of ketones is 1. The molecule has 0 unspecified atom stereocenters. The summed E-state index contributed by atoms with van der Waals surface area (Å²) in [4.78, 5) is 11.3. The summed E-state index contributed by atoms with van der Waals surface area (Å²) >= 11 is 0. The van der Waals surface area contributed by atoms with Crippen molar-refractivity contribution in [2.75, 3.05) is 0 Å². The molecule has 0 aromatic heterocycles. The van der Waals surface area contributed by atoms with Crippen LogP contribution in [0.25, 0.3) is 0 Å². The van der Waals surface area contributed by atoms with E-state index in [0.29, 0.717) is 5.78 Å². The molecule has 2 aliphatic rings. The van der Waals surface area contributed by atoms with Gasteiger partial charge in [0.1, 0.15) is 5.78 Å². The monoisotopic (exact) mass is 150 g/mol. The molecule has 1 nitrogen and oxygen atoms in total. The molecule has 0 aromatic rings. The predicted molar refractivity (Wildman–Crippen MR) is 44.1 cm³/mol. The third-order valence-electron chi connectivity index (χ3n) is 3.17. The van der Waals surface area contributed by atoms with Crippen LogP contribution in [0.15, 0.2) is 12.2 Å². The first kappa shape index (κ1) is 7.08. The van der Waals surface area contributed by atoms with E-state index in [-0.39, 0.29) is 16.7 Å². The van der Waals surface area contributed by atoms with Crippen LogP contribution >= 0.6 is 0 Å². The fourth-order valence-corrected chi connectivity index (χ4v) is 2.74. The highest BCUT2D eigenvalue weighted by molar-refractivity contribution is 5.91. The lowest BCUT2D eigenvalue weighted by Gasteiger charge is -2.45. The largest absolute Gasteiger partial charge is 0.299 e. The molecule has 1 heteroatoms. The second-order valence-electron chi connectivity index (χ2n) is 4.74. The van der Waals surface area contributed by atoms with Gasteiger partial charge >= 0.3 is 0 Å². The first-order valence-corrected chi connectivity index (χ1v) is 4.19. The fourth-order valence-electron chi connectivity index (χ4n) is 2.74. The molecule has 11 heavy (non-hydrogen) atoms. The van der Waals surface area contributed by atoms with E-state index >= 15 is 0 Å². The van der Waals surface area contributed by atoms with Gasteiger partial charge in [-0.25, -0.2) is 0 Å². The van der Waals surface area contributed by atoms with Gasteiger partial charge in [0, 0.05) is 17.8 Å². The third kappa shape index (κ3) is 0.688. The fraction of sp³-hybridized carbons (Fsp3) is 0.700. The zero-order valence-corrected chi connectivity index (χ0v) is 7.35. The summed E-state index contributed by atoms with van der Waals surface area (Å²) in [7, 11) is 0. The van der Waals surface area contributed by atoms with Crippen molar-refractivity contribution in [2.45, 2.75) is 27.2 Å². The lowest BCUT2D eigenvalue weighted by atomic mass is 9.56. The van der Waals surface area contributed by atoms with Crippen molar-refractivity contribution >= 4 is 5.78 Å². The van der Waals surface area contributed by atoms with Crippen LogP contribution in [-0.2, 0) is 4.79 Å². The number of rotatable bonds is 0. The molecule has 0 aliphatic heterocycles. The number of hydrogen-bond donors (Lipinski definition) is 0. The van der Waals surface area contributed by atoms with Crippen LogP contribution in [0.2, 0.25) is 0 Å². The number of carbonyl (C=O) groups is 1. The Labute approximate surface area is 67.5 Å². The maximum absolute atomic E-state index is 11.3. The smallest absolute Gasteiger partial charge is 0.138 e.